The van der Waals surface area contributed by atoms with Gasteiger partial charge in [0.05, 0.1) is 13.2 Å². The Hall–Kier alpha value is -1.79. The molecule has 2 fully saturated rings. The van der Waals surface area contributed by atoms with Crippen LogP contribution in [0.5, 0.6) is 0 Å². The topological polar surface area (TPSA) is 56.8 Å². The third-order valence-corrected chi connectivity index (χ3v) is 5.09. The average molecular weight is 346 g/mol. The van der Waals surface area contributed by atoms with Gasteiger partial charge in [0.1, 0.15) is 0 Å². The summed E-state index contributed by atoms with van der Waals surface area (Å²) in [7, 11) is 0. The fraction of sp³-hybridized carbons (Fsp3) is 0.632. The summed E-state index contributed by atoms with van der Waals surface area (Å²) in [6.07, 6.45) is 2.51. The standard InChI is InChI=1S/C19H30N4O2/c1-16-6-9-23(10-7-16)18-4-2-17(3-5-18)21-19(24)20-8-11-22-12-14-25-15-13-22/h2-5,16H,6-15H2,1H3,(H2,20,21,24). The van der Waals surface area contributed by atoms with Crippen LogP contribution in [0.25, 0.3) is 0 Å². The Balaban J connectivity index is 1.39. The fourth-order valence-corrected chi connectivity index (χ4v) is 3.35. The molecule has 0 radical (unpaired) electrons. The number of hydrogen-bond acceptors (Lipinski definition) is 4. The molecule has 25 heavy (non-hydrogen) atoms. The Morgan fingerprint density at radius 1 is 1.12 bits per heavy atom. The van der Waals surface area contributed by atoms with Crippen LogP contribution in [0.3, 0.4) is 0 Å². The SMILES string of the molecule is CC1CCN(c2ccc(NC(=O)NCCN3CCOCC3)cc2)CC1. The molecule has 0 bridgehead atoms. The second-order valence-corrected chi connectivity index (χ2v) is 7.05. The van der Waals surface area contributed by atoms with Crippen molar-refractivity contribution >= 4 is 17.4 Å². The monoisotopic (exact) mass is 346 g/mol. The maximum absolute atomic E-state index is 12.0. The first-order chi connectivity index (χ1) is 12.2. The van der Waals surface area contributed by atoms with Gasteiger partial charge >= 0.3 is 6.03 Å². The smallest absolute Gasteiger partial charge is 0.319 e. The Morgan fingerprint density at radius 3 is 2.48 bits per heavy atom. The number of urea groups is 1. The summed E-state index contributed by atoms with van der Waals surface area (Å²) >= 11 is 0. The highest BCUT2D eigenvalue weighted by Crippen LogP contribution is 2.24. The molecule has 3 rings (SSSR count). The number of amides is 2. The number of carbonyl (C=O) groups excluding carboxylic acids is 1. The summed E-state index contributed by atoms with van der Waals surface area (Å²) in [5.41, 5.74) is 2.07. The molecular weight excluding hydrogens is 316 g/mol. The number of carbonyl (C=O) groups is 1. The first kappa shape index (κ1) is 18.0. The number of anilines is 2. The number of hydrogen-bond donors (Lipinski definition) is 2. The molecule has 0 saturated carbocycles. The zero-order valence-corrected chi connectivity index (χ0v) is 15.2. The van der Waals surface area contributed by atoms with Gasteiger partial charge in [-0.05, 0) is 43.0 Å². The third kappa shape index (κ3) is 5.61. The number of nitrogens with one attached hydrogen (secondary N) is 2. The zero-order valence-electron chi connectivity index (χ0n) is 15.2. The minimum Gasteiger partial charge on any atom is -0.379 e. The highest BCUT2D eigenvalue weighted by Gasteiger charge is 2.16. The molecule has 6 nitrogen and oxygen atoms in total. The minimum absolute atomic E-state index is 0.146. The number of nitrogens with zero attached hydrogens (tertiary/aromatic N) is 2. The average Bonchev–Trinajstić information content (AvgIpc) is 2.64. The predicted octanol–water partition coefficient (Wildman–Crippen LogP) is 2.38. The quantitative estimate of drug-likeness (QED) is 0.859. The normalized spacial score (nSPS) is 19.6. The van der Waals surface area contributed by atoms with Gasteiger partial charge in [-0.25, -0.2) is 4.79 Å². The van der Waals surface area contributed by atoms with Gasteiger partial charge in [0.25, 0.3) is 0 Å². The van der Waals surface area contributed by atoms with E-state index in [1.165, 1.54) is 18.5 Å². The largest absolute Gasteiger partial charge is 0.379 e. The van der Waals surface area contributed by atoms with E-state index in [1.807, 2.05) is 12.1 Å². The van der Waals surface area contributed by atoms with Crippen LogP contribution in [0.15, 0.2) is 24.3 Å². The molecule has 0 aliphatic carbocycles. The van der Waals surface area contributed by atoms with Crippen molar-refractivity contribution in [1.29, 1.82) is 0 Å². The summed E-state index contributed by atoms with van der Waals surface area (Å²) < 4.78 is 5.32. The predicted molar refractivity (Wildman–Crippen MR) is 101 cm³/mol. The zero-order chi connectivity index (χ0) is 17.5. The van der Waals surface area contributed by atoms with Crippen LogP contribution in [0, 0.1) is 5.92 Å². The second-order valence-electron chi connectivity index (χ2n) is 7.05. The summed E-state index contributed by atoms with van der Waals surface area (Å²) in [4.78, 5) is 16.7. The molecule has 0 unspecified atom stereocenters. The second kappa shape index (κ2) is 9.06. The Bertz CT molecular complexity index is 535. The summed E-state index contributed by atoms with van der Waals surface area (Å²) in [5.74, 6) is 0.832. The molecule has 1 aromatic carbocycles. The van der Waals surface area contributed by atoms with Crippen LogP contribution in [0.1, 0.15) is 19.8 Å². The lowest BCUT2D eigenvalue weighted by Crippen LogP contribution is -2.42. The minimum atomic E-state index is -0.146. The molecular formula is C19H30N4O2. The van der Waals surface area contributed by atoms with Crippen LogP contribution in [-0.4, -0.2) is 63.4 Å². The number of benzene rings is 1. The van der Waals surface area contributed by atoms with E-state index in [0.29, 0.717) is 6.54 Å². The van der Waals surface area contributed by atoms with E-state index in [1.54, 1.807) is 0 Å². The first-order valence-corrected chi connectivity index (χ1v) is 9.40. The van der Waals surface area contributed by atoms with Crippen molar-refractivity contribution in [2.24, 2.45) is 5.92 Å². The molecule has 138 valence electrons. The van der Waals surface area contributed by atoms with Gasteiger partial charge in [-0.3, -0.25) is 4.90 Å². The van der Waals surface area contributed by atoms with E-state index in [0.717, 1.165) is 57.5 Å². The molecule has 2 N–H and O–H groups in total. The molecule has 2 heterocycles. The molecule has 0 spiro atoms. The van der Waals surface area contributed by atoms with Crippen LogP contribution in [-0.2, 0) is 4.74 Å². The number of ether oxygens (including phenoxy) is 1. The van der Waals surface area contributed by atoms with Gasteiger partial charge < -0.3 is 20.3 Å². The van der Waals surface area contributed by atoms with E-state index in [2.05, 4.69) is 39.5 Å². The highest BCUT2D eigenvalue weighted by atomic mass is 16.5. The molecule has 2 amide bonds. The Labute approximate surface area is 150 Å². The van der Waals surface area contributed by atoms with Crippen molar-refractivity contribution in [2.75, 3.05) is 62.7 Å². The van der Waals surface area contributed by atoms with E-state index < -0.39 is 0 Å². The van der Waals surface area contributed by atoms with Crippen molar-refractivity contribution in [3.05, 3.63) is 24.3 Å². The van der Waals surface area contributed by atoms with Crippen LogP contribution in [0.2, 0.25) is 0 Å². The van der Waals surface area contributed by atoms with Crippen molar-refractivity contribution in [3.63, 3.8) is 0 Å². The molecule has 0 atom stereocenters. The maximum atomic E-state index is 12.0. The van der Waals surface area contributed by atoms with Crippen LogP contribution >= 0.6 is 0 Å². The molecule has 2 aliphatic heterocycles. The van der Waals surface area contributed by atoms with Crippen molar-refractivity contribution in [2.45, 2.75) is 19.8 Å². The molecule has 2 aliphatic rings. The molecule has 6 heteroatoms. The summed E-state index contributed by atoms with van der Waals surface area (Å²) in [5, 5.41) is 5.82. The van der Waals surface area contributed by atoms with Gasteiger partial charge in [-0.15, -0.1) is 0 Å². The Kier molecular flexibility index (Phi) is 6.53. The van der Waals surface area contributed by atoms with Crippen molar-refractivity contribution < 1.29 is 9.53 Å². The summed E-state index contributed by atoms with van der Waals surface area (Å²) in [6.45, 7) is 9.54. The van der Waals surface area contributed by atoms with Gasteiger partial charge in [-0.1, -0.05) is 6.92 Å². The van der Waals surface area contributed by atoms with Gasteiger partial charge in [0, 0.05) is 50.6 Å². The van der Waals surface area contributed by atoms with Crippen molar-refractivity contribution in [3.8, 4) is 0 Å². The lowest BCUT2D eigenvalue weighted by Gasteiger charge is -2.32. The first-order valence-electron chi connectivity index (χ1n) is 9.40. The van der Waals surface area contributed by atoms with Gasteiger partial charge in [0.15, 0.2) is 0 Å². The third-order valence-electron chi connectivity index (χ3n) is 5.09. The Morgan fingerprint density at radius 2 is 1.80 bits per heavy atom. The molecule has 1 aromatic rings. The fourth-order valence-electron chi connectivity index (χ4n) is 3.35. The van der Waals surface area contributed by atoms with Crippen LogP contribution in [0.4, 0.5) is 16.2 Å². The number of piperidine rings is 1. The number of morpholine rings is 1. The number of rotatable bonds is 5. The van der Waals surface area contributed by atoms with E-state index in [9.17, 15) is 4.79 Å². The van der Waals surface area contributed by atoms with E-state index in [-0.39, 0.29) is 6.03 Å². The van der Waals surface area contributed by atoms with Gasteiger partial charge in [0.2, 0.25) is 0 Å². The van der Waals surface area contributed by atoms with Gasteiger partial charge in [-0.2, -0.15) is 0 Å². The molecule has 0 aromatic heterocycles. The highest BCUT2D eigenvalue weighted by molar-refractivity contribution is 5.89. The van der Waals surface area contributed by atoms with Crippen molar-refractivity contribution in [1.82, 2.24) is 10.2 Å². The lowest BCUT2D eigenvalue weighted by molar-refractivity contribution is 0.0388. The summed E-state index contributed by atoms with van der Waals surface area (Å²) in [6, 6.07) is 8.01. The molecule has 2 saturated heterocycles. The van der Waals surface area contributed by atoms with Crippen LogP contribution < -0.4 is 15.5 Å². The lowest BCUT2D eigenvalue weighted by atomic mass is 9.99. The van der Waals surface area contributed by atoms with E-state index in [4.69, 9.17) is 4.74 Å². The maximum Gasteiger partial charge on any atom is 0.319 e. The van der Waals surface area contributed by atoms with E-state index >= 15 is 0 Å².